The van der Waals surface area contributed by atoms with Gasteiger partial charge in [-0.2, -0.15) is 5.06 Å². The first-order valence-corrected chi connectivity index (χ1v) is 5.79. The van der Waals surface area contributed by atoms with Crippen LogP contribution in [0, 0.1) is 0 Å². The summed E-state index contributed by atoms with van der Waals surface area (Å²) in [5.41, 5.74) is 0.679. The van der Waals surface area contributed by atoms with Gasteiger partial charge >= 0.3 is 12.0 Å². The molecular formula is C12H12N2O5. The highest BCUT2D eigenvalue weighted by Crippen LogP contribution is 2.44. The number of urea groups is 1. The highest BCUT2D eigenvalue weighted by atomic mass is 16.7. The summed E-state index contributed by atoms with van der Waals surface area (Å²) in [5, 5.41) is 10.5. The Labute approximate surface area is 108 Å². The van der Waals surface area contributed by atoms with Crippen molar-refractivity contribution >= 4 is 12.0 Å². The molecule has 1 aromatic rings. The molecule has 2 atom stereocenters. The number of hydroxylamine groups is 2. The van der Waals surface area contributed by atoms with Crippen LogP contribution in [0.3, 0.4) is 0 Å². The molecule has 0 saturated carbocycles. The molecule has 0 spiro atoms. The largest absolute Gasteiger partial charge is 0.479 e. The summed E-state index contributed by atoms with van der Waals surface area (Å²) in [6, 6.07) is -0.218. The van der Waals surface area contributed by atoms with E-state index in [4.69, 9.17) is 9.25 Å². The monoisotopic (exact) mass is 264 g/mol. The van der Waals surface area contributed by atoms with Crippen molar-refractivity contribution < 1.29 is 24.0 Å². The van der Waals surface area contributed by atoms with E-state index in [0.29, 0.717) is 11.3 Å². The fourth-order valence-electron chi connectivity index (χ4n) is 2.53. The van der Waals surface area contributed by atoms with E-state index in [1.165, 1.54) is 22.3 Å². The van der Waals surface area contributed by atoms with Gasteiger partial charge in [0.1, 0.15) is 11.8 Å². The Morgan fingerprint density at radius 1 is 1.68 bits per heavy atom. The Kier molecular flexibility index (Phi) is 2.56. The first kappa shape index (κ1) is 11.8. The third-order valence-corrected chi connectivity index (χ3v) is 3.30. The Bertz CT molecular complexity index is 552. The van der Waals surface area contributed by atoms with Gasteiger partial charge in [0.15, 0.2) is 6.04 Å². The summed E-state index contributed by atoms with van der Waals surface area (Å²) in [7, 11) is 0. The van der Waals surface area contributed by atoms with E-state index in [1.54, 1.807) is 6.07 Å². The number of carbonyl (C=O) groups excluding carboxylic acids is 1. The third-order valence-electron chi connectivity index (χ3n) is 3.30. The van der Waals surface area contributed by atoms with E-state index < -0.39 is 18.0 Å². The molecule has 1 fully saturated rings. The van der Waals surface area contributed by atoms with E-state index >= 15 is 0 Å². The van der Waals surface area contributed by atoms with Gasteiger partial charge < -0.3 is 9.52 Å². The molecule has 0 aromatic carbocycles. The summed E-state index contributed by atoms with van der Waals surface area (Å²) < 4.78 is 5.23. The molecule has 1 saturated heterocycles. The zero-order valence-corrected chi connectivity index (χ0v) is 9.98. The van der Waals surface area contributed by atoms with Crippen molar-refractivity contribution in [2.24, 2.45) is 0 Å². The number of aliphatic carboxylic acids is 1. The highest BCUT2D eigenvalue weighted by molar-refractivity contribution is 5.86. The molecule has 0 radical (unpaired) electrons. The lowest BCUT2D eigenvalue weighted by Gasteiger charge is -2.26. The zero-order chi connectivity index (χ0) is 13.6. The number of rotatable bonds is 4. The normalized spacial score (nSPS) is 24.5. The molecule has 19 heavy (non-hydrogen) atoms. The maximum atomic E-state index is 12.2. The van der Waals surface area contributed by atoms with E-state index in [9.17, 15) is 14.7 Å². The smallest absolute Gasteiger partial charge is 0.345 e. The van der Waals surface area contributed by atoms with Crippen molar-refractivity contribution in [2.45, 2.75) is 12.1 Å². The van der Waals surface area contributed by atoms with Crippen molar-refractivity contribution in [3.05, 3.63) is 36.3 Å². The van der Waals surface area contributed by atoms with Crippen LogP contribution in [-0.2, 0) is 9.63 Å². The number of hydrogen-bond acceptors (Lipinski definition) is 4. The van der Waals surface area contributed by atoms with Gasteiger partial charge in [-0.05, 0) is 6.07 Å². The second-order valence-corrected chi connectivity index (χ2v) is 4.34. The van der Waals surface area contributed by atoms with Crippen LogP contribution in [0.4, 0.5) is 4.79 Å². The summed E-state index contributed by atoms with van der Waals surface area (Å²) in [5.74, 6) is -0.824. The van der Waals surface area contributed by atoms with E-state index in [0.717, 1.165) is 0 Å². The van der Waals surface area contributed by atoms with Crippen molar-refractivity contribution in [3.8, 4) is 0 Å². The molecule has 7 heteroatoms. The molecule has 7 nitrogen and oxygen atoms in total. The van der Waals surface area contributed by atoms with Crippen molar-refractivity contribution in [2.75, 3.05) is 13.2 Å². The number of fused-ring (bicyclic) bond motifs is 4. The summed E-state index contributed by atoms with van der Waals surface area (Å²) in [6.45, 7) is 3.98. The van der Waals surface area contributed by atoms with Crippen molar-refractivity contribution in [1.82, 2.24) is 9.96 Å². The number of carbonyl (C=O) groups is 2. The molecular weight excluding hydrogens is 252 g/mol. The molecule has 1 aromatic heterocycles. The van der Waals surface area contributed by atoms with Crippen molar-refractivity contribution in [1.29, 1.82) is 0 Å². The topological polar surface area (TPSA) is 83.2 Å². The predicted octanol–water partition coefficient (Wildman–Crippen LogP) is 1.32. The molecule has 3 heterocycles. The number of furan rings is 1. The Morgan fingerprint density at radius 2 is 2.47 bits per heavy atom. The fourth-order valence-corrected chi connectivity index (χ4v) is 2.53. The Hall–Kier alpha value is -2.28. The minimum Gasteiger partial charge on any atom is -0.479 e. The average molecular weight is 264 g/mol. The van der Waals surface area contributed by atoms with Gasteiger partial charge in [0.2, 0.25) is 0 Å². The first-order valence-electron chi connectivity index (χ1n) is 5.79. The molecule has 1 unspecified atom stereocenters. The molecule has 0 aliphatic carbocycles. The summed E-state index contributed by atoms with van der Waals surface area (Å²) >= 11 is 0. The van der Waals surface area contributed by atoms with Crippen LogP contribution in [-0.4, -0.2) is 40.2 Å². The second-order valence-electron chi connectivity index (χ2n) is 4.34. The molecule has 2 aliphatic heterocycles. The van der Waals surface area contributed by atoms with Gasteiger partial charge in [0, 0.05) is 5.56 Å². The lowest BCUT2D eigenvalue weighted by molar-refractivity contribution is -0.143. The minimum absolute atomic E-state index is 0.182. The van der Waals surface area contributed by atoms with E-state index in [-0.39, 0.29) is 19.2 Å². The molecule has 2 amide bonds. The number of carboxylic acids is 1. The predicted molar refractivity (Wildman–Crippen MR) is 61.9 cm³/mol. The van der Waals surface area contributed by atoms with Crippen LogP contribution in [0.25, 0.3) is 0 Å². The standard InChI is InChI=1S/C12H12N2O5/c1-2-4-19-14-8-6-13(12(14)17)9(11(15)16)10-7(8)3-5-18-10/h2-3,5,8-9H,1,4,6H2,(H,15,16)/t8-,9?/m1/s1. The van der Waals surface area contributed by atoms with Crippen LogP contribution in [0.1, 0.15) is 23.4 Å². The second kappa shape index (κ2) is 4.13. The number of amides is 2. The van der Waals surface area contributed by atoms with Gasteiger partial charge in [0.25, 0.3) is 0 Å². The molecule has 1 N–H and O–H groups in total. The number of nitrogens with zero attached hydrogens (tertiary/aromatic N) is 2. The van der Waals surface area contributed by atoms with Gasteiger partial charge in [-0.1, -0.05) is 6.08 Å². The fraction of sp³-hybridized carbons (Fsp3) is 0.333. The SMILES string of the molecule is C=CCON1C(=O)N2C[C@@H]1c1ccoc1C2C(=O)O. The van der Waals surface area contributed by atoms with Gasteiger partial charge in [-0.25, -0.2) is 9.59 Å². The lowest BCUT2D eigenvalue weighted by atomic mass is 9.99. The molecule has 3 rings (SSSR count). The number of hydrogen-bond donors (Lipinski definition) is 1. The molecule has 2 bridgehead atoms. The van der Waals surface area contributed by atoms with Crippen LogP contribution >= 0.6 is 0 Å². The molecule has 2 aliphatic rings. The summed E-state index contributed by atoms with van der Waals surface area (Å²) in [6.07, 6.45) is 2.95. The first-order chi connectivity index (χ1) is 9.15. The van der Waals surface area contributed by atoms with Gasteiger partial charge in [0.05, 0.1) is 19.4 Å². The van der Waals surface area contributed by atoms with Crippen LogP contribution in [0.15, 0.2) is 29.4 Å². The van der Waals surface area contributed by atoms with Gasteiger partial charge in [-0.3, -0.25) is 9.74 Å². The number of carboxylic acid groups (broad SMARTS) is 1. The molecule has 100 valence electrons. The third kappa shape index (κ3) is 1.55. The van der Waals surface area contributed by atoms with Crippen LogP contribution < -0.4 is 0 Å². The summed E-state index contributed by atoms with van der Waals surface area (Å²) in [4.78, 5) is 30.1. The van der Waals surface area contributed by atoms with Crippen molar-refractivity contribution in [3.63, 3.8) is 0 Å². The Morgan fingerprint density at radius 3 is 3.16 bits per heavy atom. The minimum atomic E-state index is -1.12. The van der Waals surface area contributed by atoms with E-state index in [2.05, 4.69) is 6.58 Å². The van der Waals surface area contributed by atoms with E-state index in [1.807, 2.05) is 0 Å². The lowest BCUT2D eigenvalue weighted by Crippen LogP contribution is -2.38. The van der Waals surface area contributed by atoms with Crippen LogP contribution in [0.5, 0.6) is 0 Å². The Balaban J connectivity index is 2.02. The van der Waals surface area contributed by atoms with Crippen LogP contribution in [0.2, 0.25) is 0 Å². The maximum Gasteiger partial charge on any atom is 0.345 e. The highest BCUT2D eigenvalue weighted by Gasteiger charge is 2.52. The average Bonchev–Trinajstić information content (AvgIpc) is 2.94. The van der Waals surface area contributed by atoms with Gasteiger partial charge in [-0.15, -0.1) is 6.58 Å². The maximum absolute atomic E-state index is 12.2. The quantitative estimate of drug-likeness (QED) is 0.829. The zero-order valence-electron chi connectivity index (χ0n) is 9.98.